The third kappa shape index (κ3) is 13.2. The molecule has 0 N–H and O–H groups in total. The minimum absolute atomic E-state index is 0.664. The molecule has 1 nitrogen and oxygen atoms in total. The Morgan fingerprint density at radius 2 is 1.15 bits per heavy atom. The van der Waals surface area contributed by atoms with Gasteiger partial charge >= 0.3 is 0 Å². The summed E-state index contributed by atoms with van der Waals surface area (Å²) < 4.78 is 0. The van der Waals surface area contributed by atoms with Crippen LogP contribution in [0.15, 0.2) is 0 Å². The van der Waals surface area contributed by atoms with Crippen LogP contribution in [0.5, 0.6) is 0 Å². The molecule has 0 amide bonds. The molecule has 0 spiro atoms. The van der Waals surface area contributed by atoms with Crippen LogP contribution in [0.25, 0.3) is 0 Å². The molecule has 0 saturated heterocycles. The van der Waals surface area contributed by atoms with E-state index >= 15 is 0 Å². The van der Waals surface area contributed by atoms with E-state index in [4.69, 9.17) is 11.6 Å². The van der Waals surface area contributed by atoms with E-state index in [9.17, 15) is 0 Å². The number of hydrogen-bond acceptors (Lipinski definition) is 1. The van der Waals surface area contributed by atoms with Crippen molar-refractivity contribution < 1.29 is 0 Å². The van der Waals surface area contributed by atoms with Crippen molar-refractivity contribution >= 4 is 11.6 Å². The molecule has 0 bridgehead atoms. The zero-order valence-corrected chi connectivity index (χ0v) is 15.1. The first-order chi connectivity index (χ1) is 9.72. The molecule has 0 saturated carbocycles. The summed E-state index contributed by atoms with van der Waals surface area (Å²) in [5.41, 5.74) is 0. The molecule has 0 atom stereocenters. The molecule has 0 aliphatic carbocycles. The largest absolute Gasteiger partial charge is 0.301 e. The van der Waals surface area contributed by atoms with Crippen LogP contribution < -0.4 is 0 Å². The van der Waals surface area contributed by atoms with Crippen molar-refractivity contribution in [3.05, 3.63) is 0 Å². The second-order valence-corrected chi connectivity index (χ2v) is 6.73. The summed E-state index contributed by atoms with van der Waals surface area (Å²) in [5.74, 6) is 0.793. The zero-order chi connectivity index (χ0) is 15.1. The lowest BCUT2D eigenvalue weighted by Gasteiger charge is -2.26. The monoisotopic (exact) mass is 303 g/mol. The maximum absolute atomic E-state index is 5.79. The number of halogens is 1. The van der Waals surface area contributed by atoms with Crippen LogP contribution in [-0.4, -0.2) is 29.9 Å². The standard InChI is InChI=1S/C18H38ClN/c1-4-5-6-7-8-9-10-11-12-13-16-20(18(2)3)17-14-15-19/h18H,4-17H2,1-3H3. The van der Waals surface area contributed by atoms with Gasteiger partial charge in [0, 0.05) is 11.9 Å². The van der Waals surface area contributed by atoms with E-state index in [1.165, 1.54) is 77.3 Å². The van der Waals surface area contributed by atoms with Gasteiger partial charge < -0.3 is 4.90 Å². The molecule has 0 aromatic rings. The molecule has 20 heavy (non-hydrogen) atoms. The number of nitrogens with zero attached hydrogens (tertiary/aromatic N) is 1. The van der Waals surface area contributed by atoms with Crippen LogP contribution >= 0.6 is 11.6 Å². The predicted octanol–water partition coefficient (Wildman–Crippen LogP) is 6.25. The minimum atomic E-state index is 0.664. The molecule has 122 valence electrons. The average molecular weight is 304 g/mol. The molecule has 0 radical (unpaired) electrons. The van der Waals surface area contributed by atoms with Gasteiger partial charge in [0.15, 0.2) is 0 Å². The van der Waals surface area contributed by atoms with Crippen LogP contribution in [0.4, 0.5) is 0 Å². The van der Waals surface area contributed by atoms with Crippen LogP contribution in [-0.2, 0) is 0 Å². The van der Waals surface area contributed by atoms with Crippen LogP contribution in [0.2, 0.25) is 0 Å². The minimum Gasteiger partial charge on any atom is -0.301 e. The lowest BCUT2D eigenvalue weighted by atomic mass is 10.1. The Morgan fingerprint density at radius 1 is 0.700 bits per heavy atom. The predicted molar refractivity (Wildman–Crippen MR) is 93.9 cm³/mol. The van der Waals surface area contributed by atoms with Crippen molar-refractivity contribution in [1.82, 2.24) is 4.90 Å². The molecular formula is C18H38ClN. The maximum Gasteiger partial charge on any atom is 0.0235 e. The molecule has 0 heterocycles. The van der Waals surface area contributed by atoms with E-state index < -0.39 is 0 Å². The van der Waals surface area contributed by atoms with Gasteiger partial charge in [0.25, 0.3) is 0 Å². The highest BCUT2D eigenvalue weighted by atomic mass is 35.5. The molecule has 0 unspecified atom stereocenters. The van der Waals surface area contributed by atoms with Gasteiger partial charge in [0.1, 0.15) is 0 Å². The Morgan fingerprint density at radius 3 is 1.60 bits per heavy atom. The van der Waals surface area contributed by atoms with Crippen molar-refractivity contribution in [2.24, 2.45) is 0 Å². The van der Waals surface area contributed by atoms with Gasteiger partial charge in [-0.15, -0.1) is 11.6 Å². The van der Waals surface area contributed by atoms with Gasteiger partial charge in [-0.1, -0.05) is 64.7 Å². The fraction of sp³-hybridized carbons (Fsp3) is 1.00. The van der Waals surface area contributed by atoms with Crippen molar-refractivity contribution in [3.8, 4) is 0 Å². The SMILES string of the molecule is CCCCCCCCCCCCN(CCCCl)C(C)C. The Balaban J connectivity index is 3.32. The Kier molecular flexibility index (Phi) is 15.8. The Bertz CT molecular complexity index is 182. The average Bonchev–Trinajstić information content (AvgIpc) is 2.43. The van der Waals surface area contributed by atoms with E-state index in [-0.39, 0.29) is 0 Å². The van der Waals surface area contributed by atoms with E-state index in [1.807, 2.05) is 0 Å². The molecule has 0 aromatic carbocycles. The third-order valence-electron chi connectivity index (χ3n) is 4.11. The summed E-state index contributed by atoms with van der Waals surface area (Å²) in [7, 11) is 0. The number of unbranched alkanes of at least 4 members (excludes halogenated alkanes) is 9. The van der Waals surface area contributed by atoms with Crippen LogP contribution in [0, 0.1) is 0 Å². The molecule has 0 aliphatic rings. The van der Waals surface area contributed by atoms with E-state index in [0.29, 0.717) is 6.04 Å². The van der Waals surface area contributed by atoms with Crippen molar-refractivity contribution in [2.45, 2.75) is 97.4 Å². The van der Waals surface area contributed by atoms with Gasteiger partial charge in [-0.2, -0.15) is 0 Å². The number of rotatable bonds is 15. The Labute approximate surface area is 133 Å². The Hall–Kier alpha value is 0.250. The molecule has 0 fully saturated rings. The van der Waals surface area contributed by atoms with Crippen LogP contribution in [0.3, 0.4) is 0 Å². The first-order valence-corrected chi connectivity index (χ1v) is 9.55. The topological polar surface area (TPSA) is 3.24 Å². The second kappa shape index (κ2) is 15.6. The summed E-state index contributed by atoms with van der Waals surface area (Å²) >= 11 is 5.79. The molecule has 0 aliphatic heterocycles. The lowest BCUT2D eigenvalue weighted by Crippen LogP contribution is -2.33. The zero-order valence-electron chi connectivity index (χ0n) is 14.3. The third-order valence-corrected chi connectivity index (χ3v) is 4.38. The van der Waals surface area contributed by atoms with Crippen LogP contribution in [0.1, 0.15) is 91.4 Å². The van der Waals surface area contributed by atoms with Crippen molar-refractivity contribution in [1.29, 1.82) is 0 Å². The van der Waals surface area contributed by atoms with E-state index in [1.54, 1.807) is 0 Å². The first-order valence-electron chi connectivity index (χ1n) is 9.02. The summed E-state index contributed by atoms with van der Waals surface area (Å²) in [4.78, 5) is 2.58. The van der Waals surface area contributed by atoms with Gasteiger partial charge in [-0.3, -0.25) is 0 Å². The summed E-state index contributed by atoms with van der Waals surface area (Å²) in [6.07, 6.45) is 15.3. The summed E-state index contributed by atoms with van der Waals surface area (Å²) in [6.45, 7) is 9.30. The first kappa shape index (κ1) is 20.2. The normalized spacial score (nSPS) is 11.7. The molecule has 0 aromatic heterocycles. The second-order valence-electron chi connectivity index (χ2n) is 6.35. The highest BCUT2D eigenvalue weighted by Gasteiger charge is 2.07. The molecule has 0 rings (SSSR count). The molecule has 2 heteroatoms. The highest BCUT2D eigenvalue weighted by Crippen LogP contribution is 2.11. The van der Waals surface area contributed by atoms with E-state index in [0.717, 1.165) is 12.3 Å². The maximum atomic E-state index is 5.79. The fourth-order valence-corrected chi connectivity index (χ4v) is 2.81. The van der Waals surface area contributed by atoms with Gasteiger partial charge in [-0.05, 0) is 39.8 Å². The van der Waals surface area contributed by atoms with Gasteiger partial charge in [0.2, 0.25) is 0 Å². The van der Waals surface area contributed by atoms with Crippen molar-refractivity contribution in [2.75, 3.05) is 19.0 Å². The van der Waals surface area contributed by atoms with Crippen molar-refractivity contribution in [3.63, 3.8) is 0 Å². The quantitative estimate of drug-likeness (QED) is 0.255. The van der Waals surface area contributed by atoms with Gasteiger partial charge in [-0.25, -0.2) is 0 Å². The highest BCUT2D eigenvalue weighted by molar-refractivity contribution is 6.17. The fourth-order valence-electron chi connectivity index (χ4n) is 2.69. The number of alkyl halides is 1. The summed E-state index contributed by atoms with van der Waals surface area (Å²) in [5, 5.41) is 0. The van der Waals surface area contributed by atoms with E-state index in [2.05, 4.69) is 25.7 Å². The smallest absolute Gasteiger partial charge is 0.0235 e. The van der Waals surface area contributed by atoms with Gasteiger partial charge in [0.05, 0.1) is 0 Å². The molecular weight excluding hydrogens is 266 g/mol. The number of hydrogen-bond donors (Lipinski definition) is 0. The lowest BCUT2D eigenvalue weighted by molar-refractivity contribution is 0.217. The summed E-state index contributed by atoms with van der Waals surface area (Å²) in [6, 6.07) is 0.664.